The summed E-state index contributed by atoms with van der Waals surface area (Å²) in [7, 11) is 0. The van der Waals surface area contributed by atoms with Crippen LogP contribution in [0.5, 0.6) is 0 Å². The fourth-order valence-electron chi connectivity index (χ4n) is 3.56. The number of carbonyl (C=O) groups excluding carboxylic acids is 2. The van der Waals surface area contributed by atoms with Crippen molar-refractivity contribution in [3.05, 3.63) is 16.0 Å². The number of thiophene rings is 1. The average molecular weight is 492 g/mol. The highest BCUT2D eigenvalue weighted by atomic mass is 79.9. The van der Waals surface area contributed by atoms with E-state index < -0.39 is 11.3 Å². The molecule has 0 bridgehead atoms. The number of hydrogen-bond donors (Lipinski definition) is 2. The van der Waals surface area contributed by atoms with Crippen LogP contribution in [0.1, 0.15) is 61.3 Å². The highest BCUT2D eigenvalue weighted by Gasteiger charge is 2.66. The van der Waals surface area contributed by atoms with Crippen LogP contribution in [-0.4, -0.2) is 15.0 Å². The minimum Gasteiger partial charge on any atom is -0.365 e. The van der Waals surface area contributed by atoms with E-state index >= 15 is 0 Å². The SMILES string of the molecule is CC(C)(C)[C@@H]1CCc2c(sc(NC(=O)[C@]3(C)CC3(Br)Br)c2C(N)=O)C1. The number of primary amides is 1. The third-order valence-corrected chi connectivity index (χ3v) is 9.20. The Kier molecular flexibility index (Phi) is 4.69. The summed E-state index contributed by atoms with van der Waals surface area (Å²) in [5, 5.41) is 3.59. The number of alkyl halides is 2. The fourth-order valence-corrected chi connectivity index (χ4v) is 6.37. The highest BCUT2D eigenvalue weighted by molar-refractivity contribution is 9.25. The number of nitrogens with two attached hydrogens (primary N) is 1. The molecule has 1 saturated carbocycles. The molecule has 2 atom stereocenters. The predicted molar refractivity (Wildman–Crippen MR) is 110 cm³/mol. The molecule has 0 radical (unpaired) electrons. The normalized spacial score (nSPS) is 27.5. The van der Waals surface area contributed by atoms with Crippen molar-refractivity contribution in [2.75, 3.05) is 5.32 Å². The first-order valence-corrected chi connectivity index (χ1v) is 10.9. The third-order valence-electron chi connectivity index (χ3n) is 5.72. The summed E-state index contributed by atoms with van der Waals surface area (Å²) in [6, 6.07) is 0. The largest absolute Gasteiger partial charge is 0.365 e. The zero-order chi connectivity index (χ0) is 18.8. The van der Waals surface area contributed by atoms with Crippen molar-refractivity contribution in [3.63, 3.8) is 0 Å². The lowest BCUT2D eigenvalue weighted by Crippen LogP contribution is -2.28. The van der Waals surface area contributed by atoms with Gasteiger partial charge in [0.05, 0.1) is 14.2 Å². The first kappa shape index (κ1) is 19.4. The van der Waals surface area contributed by atoms with Gasteiger partial charge >= 0.3 is 0 Å². The molecule has 3 N–H and O–H groups in total. The molecule has 25 heavy (non-hydrogen) atoms. The maximum atomic E-state index is 12.7. The minimum atomic E-state index is -0.527. The Bertz CT molecular complexity index is 751. The van der Waals surface area contributed by atoms with Gasteiger partial charge in [0.2, 0.25) is 5.91 Å². The van der Waals surface area contributed by atoms with Crippen molar-refractivity contribution >= 4 is 60.0 Å². The average Bonchev–Trinajstić information content (AvgIpc) is 2.84. The molecule has 138 valence electrons. The van der Waals surface area contributed by atoms with E-state index in [0.29, 0.717) is 22.9 Å². The van der Waals surface area contributed by atoms with Crippen LogP contribution < -0.4 is 11.1 Å². The lowest BCUT2D eigenvalue weighted by atomic mass is 9.72. The number of hydrogen-bond acceptors (Lipinski definition) is 3. The molecule has 7 heteroatoms. The van der Waals surface area contributed by atoms with Crippen molar-refractivity contribution in [3.8, 4) is 0 Å². The van der Waals surface area contributed by atoms with Crippen molar-refractivity contribution in [2.24, 2.45) is 22.5 Å². The number of rotatable bonds is 3. The van der Waals surface area contributed by atoms with Gasteiger partial charge in [-0.2, -0.15) is 0 Å². The van der Waals surface area contributed by atoms with E-state index in [4.69, 9.17) is 5.73 Å². The maximum absolute atomic E-state index is 12.7. The summed E-state index contributed by atoms with van der Waals surface area (Å²) in [4.78, 5) is 26.0. The van der Waals surface area contributed by atoms with E-state index in [1.807, 2.05) is 6.92 Å². The molecule has 2 amide bonds. The highest BCUT2D eigenvalue weighted by Crippen LogP contribution is 2.66. The van der Waals surface area contributed by atoms with E-state index in [0.717, 1.165) is 24.8 Å². The van der Waals surface area contributed by atoms with Gasteiger partial charge < -0.3 is 11.1 Å². The van der Waals surface area contributed by atoms with Gasteiger partial charge in [0.25, 0.3) is 5.91 Å². The predicted octanol–water partition coefficient (Wildman–Crippen LogP) is 4.83. The number of carbonyl (C=O) groups is 2. The summed E-state index contributed by atoms with van der Waals surface area (Å²) >= 11 is 8.57. The first-order chi connectivity index (χ1) is 11.4. The van der Waals surface area contributed by atoms with Crippen LogP contribution in [0.15, 0.2) is 0 Å². The van der Waals surface area contributed by atoms with Gasteiger partial charge in [-0.3, -0.25) is 9.59 Å². The topological polar surface area (TPSA) is 72.2 Å². The van der Waals surface area contributed by atoms with Gasteiger partial charge in [0.15, 0.2) is 0 Å². The molecule has 4 nitrogen and oxygen atoms in total. The van der Waals surface area contributed by atoms with Gasteiger partial charge in [0.1, 0.15) is 5.00 Å². The van der Waals surface area contributed by atoms with Crippen LogP contribution in [0.2, 0.25) is 0 Å². The quantitative estimate of drug-likeness (QED) is 0.594. The van der Waals surface area contributed by atoms with Gasteiger partial charge in [-0.25, -0.2) is 0 Å². The van der Waals surface area contributed by atoms with Crippen molar-refractivity contribution < 1.29 is 9.59 Å². The molecule has 3 rings (SSSR count). The standard InChI is InChI=1S/C18H24Br2N2O2S/c1-16(2,3)9-5-6-10-11(7-9)25-14(12(10)13(21)23)22-15(24)17(4)8-18(17,19)20/h9H,5-8H2,1-4H3,(H2,21,23)(H,22,24)/t9-,17+/m1/s1. The van der Waals surface area contributed by atoms with Crippen molar-refractivity contribution in [1.82, 2.24) is 0 Å². The van der Waals surface area contributed by atoms with Crippen LogP contribution in [0.25, 0.3) is 0 Å². The van der Waals surface area contributed by atoms with Crippen LogP contribution in [0.3, 0.4) is 0 Å². The number of fused-ring (bicyclic) bond motifs is 1. The molecule has 1 heterocycles. The molecule has 0 aliphatic heterocycles. The van der Waals surface area contributed by atoms with Gasteiger partial charge in [-0.05, 0) is 49.5 Å². The van der Waals surface area contributed by atoms with Gasteiger partial charge in [-0.1, -0.05) is 52.6 Å². The van der Waals surface area contributed by atoms with Crippen molar-refractivity contribution in [1.29, 1.82) is 0 Å². The number of halogens is 2. The molecule has 2 aliphatic rings. The minimum absolute atomic E-state index is 0.0882. The number of nitrogens with one attached hydrogen (secondary N) is 1. The Morgan fingerprint density at radius 3 is 2.40 bits per heavy atom. The molecule has 0 unspecified atom stereocenters. The first-order valence-electron chi connectivity index (χ1n) is 8.50. The fraction of sp³-hybridized carbons (Fsp3) is 0.667. The van der Waals surface area contributed by atoms with E-state index in [9.17, 15) is 9.59 Å². The monoisotopic (exact) mass is 490 g/mol. The van der Waals surface area contributed by atoms with Crippen LogP contribution >= 0.6 is 43.2 Å². The number of amides is 2. The molecule has 0 spiro atoms. The summed E-state index contributed by atoms with van der Waals surface area (Å²) < 4.78 is -0.363. The molecule has 2 aliphatic carbocycles. The second-order valence-electron chi connectivity index (χ2n) is 8.55. The van der Waals surface area contributed by atoms with E-state index in [-0.39, 0.29) is 14.6 Å². The second-order valence-corrected chi connectivity index (χ2v) is 13.4. The Labute approximate surface area is 169 Å². The smallest absolute Gasteiger partial charge is 0.251 e. The second kappa shape index (κ2) is 6.06. The van der Waals surface area contributed by atoms with E-state index in [1.165, 1.54) is 16.2 Å². The zero-order valence-electron chi connectivity index (χ0n) is 15.0. The maximum Gasteiger partial charge on any atom is 0.251 e. The third kappa shape index (κ3) is 3.32. The van der Waals surface area contributed by atoms with Gasteiger partial charge in [0, 0.05) is 4.88 Å². The van der Waals surface area contributed by atoms with Crippen LogP contribution in [0.4, 0.5) is 5.00 Å². The molecule has 1 fully saturated rings. The molecule has 0 saturated heterocycles. The molecule has 1 aromatic heterocycles. The Morgan fingerprint density at radius 1 is 1.32 bits per heavy atom. The molecule has 1 aromatic rings. The summed E-state index contributed by atoms with van der Waals surface area (Å²) in [6.07, 6.45) is 3.54. The lowest BCUT2D eigenvalue weighted by molar-refractivity contribution is -0.120. The zero-order valence-corrected chi connectivity index (χ0v) is 19.0. The van der Waals surface area contributed by atoms with Gasteiger partial charge in [-0.15, -0.1) is 11.3 Å². The molecule has 0 aromatic carbocycles. The lowest BCUT2D eigenvalue weighted by Gasteiger charge is -2.33. The van der Waals surface area contributed by atoms with Crippen LogP contribution in [0, 0.1) is 16.7 Å². The Hall–Kier alpha value is -0.400. The Balaban J connectivity index is 1.90. The van der Waals surface area contributed by atoms with Crippen molar-refractivity contribution in [2.45, 2.75) is 56.6 Å². The van der Waals surface area contributed by atoms with E-state index in [1.54, 1.807) is 0 Å². The Morgan fingerprint density at radius 2 is 1.92 bits per heavy atom. The summed E-state index contributed by atoms with van der Waals surface area (Å²) in [5.74, 6) is 0.0308. The summed E-state index contributed by atoms with van der Waals surface area (Å²) in [6.45, 7) is 8.67. The molecular formula is C18H24Br2N2O2S. The number of anilines is 1. The summed E-state index contributed by atoms with van der Waals surface area (Å²) in [5.41, 5.74) is 6.91. The van der Waals surface area contributed by atoms with E-state index in [2.05, 4.69) is 57.9 Å². The molecular weight excluding hydrogens is 468 g/mol. The van der Waals surface area contributed by atoms with Crippen LogP contribution in [-0.2, 0) is 17.6 Å².